The molecule has 11 heavy (non-hydrogen) atoms. The van der Waals surface area contributed by atoms with E-state index in [1.54, 1.807) is 0 Å². The normalized spacial score (nSPS) is 19.5. The van der Waals surface area contributed by atoms with Crippen LogP contribution in [0.25, 0.3) is 0 Å². The molecule has 0 aromatic carbocycles. The van der Waals surface area contributed by atoms with E-state index >= 15 is 0 Å². The van der Waals surface area contributed by atoms with Crippen LogP contribution in [-0.2, 0) is 4.79 Å². The van der Waals surface area contributed by atoms with Gasteiger partial charge in [0.15, 0.2) is 0 Å². The minimum atomic E-state index is -0.690. The van der Waals surface area contributed by atoms with Crippen LogP contribution in [0.5, 0.6) is 0 Å². The van der Waals surface area contributed by atoms with Gasteiger partial charge in [0.1, 0.15) is 0 Å². The van der Waals surface area contributed by atoms with Gasteiger partial charge in [-0.15, -0.1) is 0 Å². The topological polar surface area (TPSA) is 37.3 Å². The van der Waals surface area contributed by atoms with Crippen LogP contribution in [0.3, 0.4) is 0 Å². The van der Waals surface area contributed by atoms with Crippen LogP contribution in [0.4, 0.5) is 0 Å². The standard InChI is InChI=1S/C9H14O2/c1-7(6-9(10)11)8-4-2-3-5-8/h4,7H,2-3,5-6H2,1H3,(H,10,11). The van der Waals surface area contributed by atoms with E-state index in [1.807, 2.05) is 6.92 Å². The van der Waals surface area contributed by atoms with E-state index in [4.69, 9.17) is 5.11 Å². The van der Waals surface area contributed by atoms with Crippen molar-refractivity contribution in [2.24, 2.45) is 5.92 Å². The first-order chi connectivity index (χ1) is 5.20. The minimum absolute atomic E-state index is 0.245. The third kappa shape index (κ3) is 2.37. The van der Waals surface area contributed by atoms with Crippen molar-refractivity contribution in [3.05, 3.63) is 11.6 Å². The zero-order chi connectivity index (χ0) is 8.27. The molecule has 1 rings (SSSR count). The lowest BCUT2D eigenvalue weighted by molar-refractivity contribution is -0.137. The SMILES string of the molecule is CC(CC(=O)O)C1=CCCC1. The van der Waals surface area contributed by atoms with Gasteiger partial charge in [-0.25, -0.2) is 0 Å². The van der Waals surface area contributed by atoms with E-state index in [-0.39, 0.29) is 12.3 Å². The number of carbonyl (C=O) groups is 1. The summed E-state index contributed by atoms with van der Waals surface area (Å²) in [5, 5.41) is 8.52. The largest absolute Gasteiger partial charge is 0.481 e. The van der Waals surface area contributed by atoms with E-state index in [2.05, 4.69) is 6.08 Å². The second-order valence-electron chi connectivity index (χ2n) is 3.17. The summed E-state index contributed by atoms with van der Waals surface area (Å²) in [4.78, 5) is 10.3. The van der Waals surface area contributed by atoms with Crippen molar-refractivity contribution in [3.63, 3.8) is 0 Å². The molecule has 0 heterocycles. The first-order valence-corrected chi connectivity index (χ1v) is 4.11. The second kappa shape index (κ2) is 3.56. The number of carboxylic acid groups (broad SMARTS) is 1. The molecule has 0 saturated heterocycles. The lowest BCUT2D eigenvalue weighted by Crippen LogP contribution is -2.05. The Morgan fingerprint density at radius 3 is 3.00 bits per heavy atom. The number of carboxylic acids is 1. The number of aliphatic carboxylic acids is 1. The summed E-state index contributed by atoms with van der Waals surface area (Å²) in [6.07, 6.45) is 5.92. The molecule has 0 aromatic rings. The highest BCUT2D eigenvalue weighted by Crippen LogP contribution is 2.26. The minimum Gasteiger partial charge on any atom is -0.481 e. The van der Waals surface area contributed by atoms with E-state index in [0.717, 1.165) is 12.8 Å². The van der Waals surface area contributed by atoms with Crippen molar-refractivity contribution >= 4 is 5.97 Å². The Hall–Kier alpha value is -0.790. The molecule has 0 amide bonds. The molecule has 0 aliphatic heterocycles. The maximum atomic E-state index is 10.3. The van der Waals surface area contributed by atoms with Gasteiger partial charge < -0.3 is 5.11 Å². The average Bonchev–Trinajstić information content (AvgIpc) is 2.35. The van der Waals surface area contributed by atoms with Gasteiger partial charge in [-0.2, -0.15) is 0 Å². The van der Waals surface area contributed by atoms with Gasteiger partial charge >= 0.3 is 5.97 Å². The molecule has 1 aliphatic rings. The van der Waals surface area contributed by atoms with Gasteiger partial charge in [0, 0.05) is 0 Å². The molecule has 2 heteroatoms. The van der Waals surface area contributed by atoms with E-state index in [0.29, 0.717) is 0 Å². The lowest BCUT2D eigenvalue weighted by atomic mass is 9.97. The molecule has 1 unspecified atom stereocenters. The van der Waals surface area contributed by atoms with Crippen LogP contribution in [-0.4, -0.2) is 11.1 Å². The van der Waals surface area contributed by atoms with Crippen molar-refractivity contribution < 1.29 is 9.90 Å². The predicted octanol–water partition coefficient (Wildman–Crippen LogP) is 2.21. The Bertz CT molecular complexity index is 182. The van der Waals surface area contributed by atoms with Crippen molar-refractivity contribution in [1.29, 1.82) is 0 Å². The number of rotatable bonds is 3. The fourth-order valence-corrected chi connectivity index (χ4v) is 1.54. The van der Waals surface area contributed by atoms with Crippen molar-refractivity contribution in [1.82, 2.24) is 0 Å². The van der Waals surface area contributed by atoms with Gasteiger partial charge in [-0.1, -0.05) is 18.6 Å². The van der Waals surface area contributed by atoms with Crippen LogP contribution >= 0.6 is 0 Å². The predicted molar refractivity (Wildman–Crippen MR) is 43.4 cm³/mol. The Balaban J connectivity index is 2.40. The monoisotopic (exact) mass is 154 g/mol. The van der Waals surface area contributed by atoms with E-state index in [9.17, 15) is 4.79 Å². The molecule has 0 bridgehead atoms. The average molecular weight is 154 g/mol. The number of hydrogen-bond donors (Lipinski definition) is 1. The maximum Gasteiger partial charge on any atom is 0.303 e. The molecule has 0 saturated carbocycles. The Kier molecular flexibility index (Phi) is 2.69. The fraction of sp³-hybridized carbons (Fsp3) is 0.667. The summed E-state index contributed by atoms with van der Waals surface area (Å²) in [6, 6.07) is 0. The summed E-state index contributed by atoms with van der Waals surface area (Å²) >= 11 is 0. The summed E-state index contributed by atoms with van der Waals surface area (Å²) < 4.78 is 0. The molecule has 1 N–H and O–H groups in total. The highest BCUT2D eigenvalue weighted by Gasteiger charge is 2.14. The molecular formula is C9H14O2. The van der Waals surface area contributed by atoms with Crippen LogP contribution in [0.1, 0.15) is 32.6 Å². The molecular weight excluding hydrogens is 140 g/mol. The molecule has 0 aromatic heterocycles. The highest BCUT2D eigenvalue weighted by molar-refractivity contribution is 5.67. The first kappa shape index (κ1) is 8.31. The highest BCUT2D eigenvalue weighted by atomic mass is 16.4. The van der Waals surface area contributed by atoms with Crippen LogP contribution in [0, 0.1) is 5.92 Å². The summed E-state index contributed by atoms with van der Waals surface area (Å²) in [6.45, 7) is 1.99. The van der Waals surface area contributed by atoms with E-state index < -0.39 is 5.97 Å². The van der Waals surface area contributed by atoms with Crippen molar-refractivity contribution in [2.75, 3.05) is 0 Å². The first-order valence-electron chi connectivity index (χ1n) is 4.11. The Morgan fingerprint density at radius 1 is 1.82 bits per heavy atom. The van der Waals surface area contributed by atoms with Gasteiger partial charge in [0.2, 0.25) is 0 Å². The number of allylic oxidation sites excluding steroid dienone is 2. The zero-order valence-corrected chi connectivity index (χ0v) is 6.84. The molecule has 0 fully saturated rings. The molecule has 0 radical (unpaired) electrons. The molecule has 1 atom stereocenters. The zero-order valence-electron chi connectivity index (χ0n) is 6.84. The van der Waals surface area contributed by atoms with Crippen LogP contribution in [0.15, 0.2) is 11.6 Å². The third-order valence-electron chi connectivity index (χ3n) is 2.19. The third-order valence-corrected chi connectivity index (χ3v) is 2.19. The Morgan fingerprint density at radius 2 is 2.55 bits per heavy atom. The molecule has 0 spiro atoms. The summed E-state index contributed by atoms with van der Waals surface area (Å²) in [5.41, 5.74) is 1.34. The Labute approximate surface area is 66.9 Å². The maximum absolute atomic E-state index is 10.3. The molecule has 1 aliphatic carbocycles. The van der Waals surface area contributed by atoms with E-state index in [1.165, 1.54) is 12.0 Å². The summed E-state index contributed by atoms with van der Waals surface area (Å²) in [7, 11) is 0. The van der Waals surface area contributed by atoms with Crippen molar-refractivity contribution in [2.45, 2.75) is 32.6 Å². The van der Waals surface area contributed by atoms with Crippen LogP contribution in [0.2, 0.25) is 0 Å². The van der Waals surface area contributed by atoms with Gasteiger partial charge in [-0.05, 0) is 25.2 Å². The number of hydrogen-bond acceptors (Lipinski definition) is 1. The smallest absolute Gasteiger partial charge is 0.303 e. The van der Waals surface area contributed by atoms with Gasteiger partial charge in [0.25, 0.3) is 0 Å². The van der Waals surface area contributed by atoms with Crippen LogP contribution < -0.4 is 0 Å². The van der Waals surface area contributed by atoms with Crippen molar-refractivity contribution in [3.8, 4) is 0 Å². The van der Waals surface area contributed by atoms with Gasteiger partial charge in [0.05, 0.1) is 6.42 Å². The molecule has 2 nitrogen and oxygen atoms in total. The van der Waals surface area contributed by atoms with Gasteiger partial charge in [-0.3, -0.25) is 4.79 Å². The summed E-state index contributed by atoms with van der Waals surface area (Å²) in [5.74, 6) is -0.444. The lowest BCUT2D eigenvalue weighted by Gasteiger charge is -2.08. The molecule has 62 valence electrons. The fourth-order valence-electron chi connectivity index (χ4n) is 1.54. The second-order valence-corrected chi connectivity index (χ2v) is 3.17. The quantitative estimate of drug-likeness (QED) is 0.633.